The number of hydrogen-bond donors (Lipinski definition) is 2. The number of unbranched alkanes of at least 4 members (excludes halogenated alkanes) is 1. The number of amides is 3. The monoisotopic (exact) mass is 448 g/mol. The highest BCUT2D eigenvalue weighted by molar-refractivity contribution is 6.30. The van der Waals surface area contributed by atoms with E-state index < -0.39 is 29.4 Å². The fraction of sp³-hybridized carbons (Fsp3) is 0.391. The Morgan fingerprint density at radius 2 is 1.84 bits per heavy atom. The summed E-state index contributed by atoms with van der Waals surface area (Å²) in [4.78, 5) is 26.9. The molecule has 0 spiro atoms. The maximum Gasteiger partial charge on any atom is 0.325 e. The van der Waals surface area contributed by atoms with Crippen LogP contribution in [0.3, 0.4) is 0 Å². The Morgan fingerprint density at radius 1 is 1.16 bits per heavy atom. The molecule has 0 bridgehead atoms. The molecule has 8 heteroatoms. The zero-order valence-corrected chi connectivity index (χ0v) is 18.1. The van der Waals surface area contributed by atoms with Crippen LogP contribution in [-0.4, -0.2) is 41.2 Å². The first kappa shape index (κ1) is 23.2. The zero-order chi connectivity index (χ0) is 22.4. The van der Waals surface area contributed by atoms with Gasteiger partial charge in [-0.3, -0.25) is 9.69 Å². The van der Waals surface area contributed by atoms with Gasteiger partial charge in [0.25, 0.3) is 5.91 Å². The van der Waals surface area contributed by atoms with Gasteiger partial charge >= 0.3 is 6.03 Å². The normalized spacial score (nSPS) is 19.5. The number of ether oxygens (including phenoxy) is 1. The highest BCUT2D eigenvalue weighted by Crippen LogP contribution is 2.34. The molecule has 2 N–H and O–H groups in total. The van der Waals surface area contributed by atoms with E-state index in [1.54, 1.807) is 12.1 Å². The van der Waals surface area contributed by atoms with Crippen molar-refractivity contribution in [3.63, 3.8) is 0 Å². The minimum Gasteiger partial charge on any atom is -0.389 e. The molecule has 0 aromatic heterocycles. The summed E-state index contributed by atoms with van der Waals surface area (Å²) in [5.74, 6) is -0.870. The van der Waals surface area contributed by atoms with E-state index in [1.807, 2.05) is 19.1 Å². The van der Waals surface area contributed by atoms with Crippen LogP contribution in [0.1, 0.15) is 37.3 Å². The van der Waals surface area contributed by atoms with Crippen LogP contribution in [0.5, 0.6) is 0 Å². The second kappa shape index (κ2) is 10.2. The number of halogens is 2. The van der Waals surface area contributed by atoms with Crippen molar-refractivity contribution in [1.29, 1.82) is 0 Å². The number of nitrogens with zero attached hydrogens (tertiary/aromatic N) is 1. The summed E-state index contributed by atoms with van der Waals surface area (Å²) in [5.41, 5.74) is 0.156. The summed E-state index contributed by atoms with van der Waals surface area (Å²) in [7, 11) is 0. The molecule has 6 nitrogen and oxygen atoms in total. The molecule has 31 heavy (non-hydrogen) atoms. The van der Waals surface area contributed by atoms with Crippen LogP contribution in [-0.2, 0) is 21.7 Å². The van der Waals surface area contributed by atoms with Gasteiger partial charge in [0.2, 0.25) is 0 Å². The summed E-state index contributed by atoms with van der Waals surface area (Å²) < 4.78 is 18.9. The van der Waals surface area contributed by atoms with E-state index in [2.05, 4.69) is 5.32 Å². The number of urea groups is 1. The number of aliphatic hydroxyl groups excluding tert-OH is 1. The van der Waals surface area contributed by atoms with Crippen LogP contribution in [0, 0.1) is 5.82 Å². The number of β-amino-alcohol motifs (C(OH)–C–C–N with tert-alkyl or cyclic N) is 1. The maximum atomic E-state index is 13.4. The Balaban J connectivity index is 1.65. The lowest BCUT2D eigenvalue weighted by atomic mass is 9.84. The number of benzene rings is 2. The number of carbonyl (C=O) groups excluding carboxylic acids is 2. The third-order valence-electron chi connectivity index (χ3n) is 5.30. The molecule has 1 aliphatic heterocycles. The van der Waals surface area contributed by atoms with E-state index in [-0.39, 0.29) is 19.8 Å². The Labute approximate surface area is 186 Å². The summed E-state index contributed by atoms with van der Waals surface area (Å²) >= 11 is 5.85. The second-order valence-electron chi connectivity index (χ2n) is 7.66. The Bertz CT molecular complexity index is 907. The summed E-state index contributed by atoms with van der Waals surface area (Å²) in [5, 5.41) is 13.8. The molecule has 1 saturated heterocycles. The largest absolute Gasteiger partial charge is 0.389 e. The van der Waals surface area contributed by atoms with Crippen LogP contribution in [0.25, 0.3) is 0 Å². The number of aliphatic hydroxyl groups is 1. The van der Waals surface area contributed by atoms with Gasteiger partial charge in [-0.15, -0.1) is 0 Å². The first-order valence-corrected chi connectivity index (χ1v) is 10.6. The smallest absolute Gasteiger partial charge is 0.325 e. The van der Waals surface area contributed by atoms with Crippen molar-refractivity contribution in [2.24, 2.45) is 0 Å². The molecule has 0 saturated carbocycles. The molecule has 3 rings (SSSR count). The highest BCUT2D eigenvalue weighted by atomic mass is 35.5. The fourth-order valence-electron chi connectivity index (χ4n) is 3.63. The summed E-state index contributed by atoms with van der Waals surface area (Å²) in [6, 6.07) is 12.1. The SMILES string of the molecule is CCCCC1(c2ccc(F)cc2)NC(=O)N(CC(O)COCc2ccc(Cl)cc2)C1=O. The van der Waals surface area contributed by atoms with Gasteiger partial charge in [0, 0.05) is 5.02 Å². The first-order valence-electron chi connectivity index (χ1n) is 10.3. The average Bonchev–Trinajstić information content (AvgIpc) is 2.99. The number of carbonyl (C=O) groups is 2. The quantitative estimate of drug-likeness (QED) is 0.538. The van der Waals surface area contributed by atoms with Crippen molar-refractivity contribution in [3.05, 3.63) is 70.5 Å². The van der Waals surface area contributed by atoms with Gasteiger partial charge in [-0.1, -0.05) is 55.6 Å². The molecule has 0 aliphatic carbocycles. The molecule has 166 valence electrons. The van der Waals surface area contributed by atoms with E-state index >= 15 is 0 Å². The molecule has 2 atom stereocenters. The Kier molecular flexibility index (Phi) is 7.64. The molecular weight excluding hydrogens is 423 g/mol. The Hall–Kier alpha value is -2.48. The molecule has 2 aromatic carbocycles. The van der Waals surface area contributed by atoms with Crippen LogP contribution in [0.2, 0.25) is 5.02 Å². The summed E-state index contributed by atoms with van der Waals surface area (Å²) in [6.07, 6.45) is 0.869. The molecule has 1 heterocycles. The molecule has 2 unspecified atom stereocenters. The number of nitrogens with one attached hydrogen (secondary N) is 1. The third-order valence-corrected chi connectivity index (χ3v) is 5.56. The van der Waals surface area contributed by atoms with Gasteiger partial charge < -0.3 is 15.2 Å². The Morgan fingerprint density at radius 3 is 2.48 bits per heavy atom. The minimum atomic E-state index is -1.26. The number of hydrogen-bond acceptors (Lipinski definition) is 4. The maximum absolute atomic E-state index is 13.4. The van der Waals surface area contributed by atoms with Gasteiger partial charge in [-0.05, 0) is 41.8 Å². The lowest BCUT2D eigenvalue weighted by Crippen LogP contribution is -2.45. The molecule has 2 aromatic rings. The van der Waals surface area contributed by atoms with E-state index in [9.17, 15) is 19.1 Å². The van der Waals surface area contributed by atoms with Gasteiger partial charge in [-0.2, -0.15) is 0 Å². The first-order chi connectivity index (χ1) is 14.9. The fourth-order valence-corrected chi connectivity index (χ4v) is 3.76. The molecular formula is C23H26ClFN2O4. The third kappa shape index (κ3) is 5.42. The van der Waals surface area contributed by atoms with E-state index in [0.29, 0.717) is 23.4 Å². The number of rotatable bonds is 10. The lowest BCUT2D eigenvalue weighted by molar-refractivity contribution is -0.133. The van der Waals surface area contributed by atoms with E-state index in [0.717, 1.165) is 16.9 Å². The lowest BCUT2D eigenvalue weighted by Gasteiger charge is -2.27. The van der Waals surface area contributed by atoms with Crippen LogP contribution < -0.4 is 5.32 Å². The minimum absolute atomic E-state index is 0.0435. The molecule has 1 fully saturated rings. The standard InChI is InChI=1S/C23H26ClFN2O4/c1-2-3-12-23(17-6-10-19(25)11-7-17)21(29)27(22(30)26-23)13-20(28)15-31-14-16-4-8-18(24)9-5-16/h4-11,20,28H,2-3,12-15H2,1H3,(H,26,30). The average molecular weight is 449 g/mol. The topological polar surface area (TPSA) is 78.9 Å². The van der Waals surface area contributed by atoms with E-state index in [1.165, 1.54) is 24.3 Å². The van der Waals surface area contributed by atoms with Crippen molar-refractivity contribution >= 4 is 23.5 Å². The van der Waals surface area contributed by atoms with Crippen molar-refractivity contribution in [2.75, 3.05) is 13.2 Å². The predicted molar refractivity (Wildman–Crippen MR) is 115 cm³/mol. The van der Waals surface area contributed by atoms with Crippen molar-refractivity contribution in [2.45, 2.75) is 44.4 Å². The zero-order valence-electron chi connectivity index (χ0n) is 17.3. The van der Waals surface area contributed by atoms with Gasteiger partial charge in [0.15, 0.2) is 0 Å². The predicted octanol–water partition coefficient (Wildman–Crippen LogP) is 3.99. The molecule has 1 aliphatic rings. The van der Waals surface area contributed by atoms with E-state index in [4.69, 9.17) is 16.3 Å². The van der Waals surface area contributed by atoms with Gasteiger partial charge in [-0.25, -0.2) is 9.18 Å². The van der Waals surface area contributed by atoms with Crippen LogP contribution in [0.4, 0.5) is 9.18 Å². The van der Waals surface area contributed by atoms with Crippen molar-refractivity contribution < 1.29 is 23.8 Å². The number of imide groups is 1. The summed E-state index contributed by atoms with van der Waals surface area (Å²) in [6.45, 7) is 2.02. The van der Waals surface area contributed by atoms with Gasteiger partial charge in [0.05, 0.1) is 25.9 Å². The molecule has 3 amide bonds. The molecule has 0 radical (unpaired) electrons. The van der Waals surface area contributed by atoms with Crippen LogP contribution in [0.15, 0.2) is 48.5 Å². The van der Waals surface area contributed by atoms with Crippen molar-refractivity contribution in [1.82, 2.24) is 10.2 Å². The van der Waals surface area contributed by atoms with Crippen molar-refractivity contribution in [3.8, 4) is 0 Å². The second-order valence-corrected chi connectivity index (χ2v) is 8.09. The van der Waals surface area contributed by atoms with Crippen LogP contribution >= 0.6 is 11.6 Å². The van der Waals surface area contributed by atoms with Gasteiger partial charge in [0.1, 0.15) is 11.4 Å². The highest BCUT2D eigenvalue weighted by Gasteiger charge is 2.52.